The standard InChI is InChI=1S/C25H32F2O3/c1-24(2,3)19-11-17(13-21(26)15-19)7-9-29-23(28)30-10-8-18-12-20(25(4,5)6)16-22(27)14-18/h11-16H,7-10H2,1-6H3. The number of ether oxygens (including phenoxy) is 2. The minimum Gasteiger partial charge on any atom is -0.434 e. The lowest BCUT2D eigenvalue weighted by Crippen LogP contribution is -2.14. The molecule has 0 aliphatic carbocycles. The minimum absolute atomic E-state index is 0.0972. The van der Waals surface area contributed by atoms with E-state index in [-0.39, 0.29) is 35.7 Å². The molecule has 0 N–H and O–H groups in total. The molecule has 0 aromatic heterocycles. The second-order valence-corrected chi connectivity index (χ2v) is 9.64. The Morgan fingerprint density at radius 3 is 1.40 bits per heavy atom. The van der Waals surface area contributed by atoms with Crippen molar-refractivity contribution >= 4 is 6.16 Å². The summed E-state index contributed by atoms with van der Waals surface area (Å²) in [6.45, 7) is 12.3. The quantitative estimate of drug-likeness (QED) is 0.503. The van der Waals surface area contributed by atoms with E-state index in [0.29, 0.717) is 12.8 Å². The molecular weight excluding hydrogens is 386 g/mol. The zero-order chi connectivity index (χ0) is 22.5. The monoisotopic (exact) mass is 418 g/mol. The van der Waals surface area contributed by atoms with Crippen molar-refractivity contribution in [1.29, 1.82) is 0 Å². The highest BCUT2D eigenvalue weighted by atomic mass is 19.1. The van der Waals surface area contributed by atoms with Crippen LogP contribution in [0.1, 0.15) is 63.8 Å². The highest BCUT2D eigenvalue weighted by molar-refractivity contribution is 5.59. The predicted octanol–water partition coefficient (Wildman–Crippen LogP) is 6.50. The molecule has 0 saturated heterocycles. The molecule has 0 bridgehead atoms. The van der Waals surface area contributed by atoms with Gasteiger partial charge in [0.15, 0.2) is 0 Å². The molecule has 0 amide bonds. The van der Waals surface area contributed by atoms with Gasteiger partial charge in [-0.3, -0.25) is 0 Å². The van der Waals surface area contributed by atoms with Gasteiger partial charge in [0.1, 0.15) is 11.6 Å². The molecule has 0 radical (unpaired) electrons. The number of rotatable bonds is 6. The van der Waals surface area contributed by atoms with Gasteiger partial charge in [-0.15, -0.1) is 0 Å². The lowest BCUT2D eigenvalue weighted by atomic mass is 9.86. The summed E-state index contributed by atoms with van der Waals surface area (Å²) in [7, 11) is 0. The van der Waals surface area contributed by atoms with E-state index in [1.807, 2.05) is 53.7 Å². The number of carbonyl (C=O) groups excluding carboxylic acids is 1. The largest absolute Gasteiger partial charge is 0.508 e. The first-order valence-corrected chi connectivity index (χ1v) is 10.2. The number of carbonyl (C=O) groups is 1. The van der Waals surface area contributed by atoms with Crippen molar-refractivity contribution < 1.29 is 23.0 Å². The van der Waals surface area contributed by atoms with Crippen LogP contribution in [0.25, 0.3) is 0 Å². The molecule has 0 fully saturated rings. The van der Waals surface area contributed by atoms with Gasteiger partial charge < -0.3 is 9.47 Å². The zero-order valence-corrected chi connectivity index (χ0v) is 18.8. The average Bonchev–Trinajstić information content (AvgIpc) is 2.59. The first-order chi connectivity index (χ1) is 13.8. The molecule has 0 atom stereocenters. The summed E-state index contributed by atoms with van der Waals surface area (Å²) in [6, 6.07) is 9.79. The minimum atomic E-state index is -0.783. The van der Waals surface area contributed by atoms with E-state index in [9.17, 15) is 13.6 Å². The molecule has 2 aromatic rings. The lowest BCUT2D eigenvalue weighted by molar-refractivity contribution is 0.0569. The van der Waals surface area contributed by atoms with Gasteiger partial charge in [0.2, 0.25) is 0 Å². The van der Waals surface area contributed by atoms with Gasteiger partial charge in [-0.2, -0.15) is 0 Å². The van der Waals surface area contributed by atoms with Gasteiger partial charge in [-0.05, 0) is 57.3 Å². The van der Waals surface area contributed by atoms with Crippen LogP contribution in [0, 0.1) is 11.6 Å². The summed E-state index contributed by atoms with van der Waals surface area (Å²) in [5.41, 5.74) is 2.99. The molecule has 0 aliphatic rings. The fraction of sp³-hybridized carbons (Fsp3) is 0.480. The number of hydrogen-bond donors (Lipinski definition) is 0. The van der Waals surface area contributed by atoms with Crippen LogP contribution in [0.4, 0.5) is 13.6 Å². The maximum absolute atomic E-state index is 13.8. The number of hydrogen-bond acceptors (Lipinski definition) is 3. The van der Waals surface area contributed by atoms with E-state index in [1.54, 1.807) is 0 Å². The third kappa shape index (κ3) is 7.43. The third-order valence-corrected chi connectivity index (χ3v) is 4.87. The summed E-state index contributed by atoms with van der Waals surface area (Å²) in [4.78, 5) is 11.8. The molecule has 5 heteroatoms. The fourth-order valence-corrected chi connectivity index (χ4v) is 3.00. The second-order valence-electron chi connectivity index (χ2n) is 9.64. The zero-order valence-electron chi connectivity index (χ0n) is 18.8. The molecule has 0 aliphatic heterocycles. The van der Waals surface area contributed by atoms with E-state index >= 15 is 0 Å². The smallest absolute Gasteiger partial charge is 0.434 e. The van der Waals surface area contributed by atoms with E-state index < -0.39 is 6.16 Å². The number of benzene rings is 2. The molecule has 0 saturated carbocycles. The van der Waals surface area contributed by atoms with E-state index in [0.717, 1.165) is 22.3 Å². The maximum atomic E-state index is 13.8. The summed E-state index contributed by atoms with van der Waals surface area (Å²) in [5.74, 6) is -0.602. The van der Waals surface area contributed by atoms with Gasteiger partial charge in [-0.1, -0.05) is 53.7 Å². The van der Waals surface area contributed by atoms with Crippen molar-refractivity contribution in [3.63, 3.8) is 0 Å². The Balaban J connectivity index is 1.81. The van der Waals surface area contributed by atoms with Crippen LogP contribution < -0.4 is 0 Å². The van der Waals surface area contributed by atoms with Gasteiger partial charge in [0.05, 0.1) is 13.2 Å². The van der Waals surface area contributed by atoms with Crippen LogP contribution in [-0.2, 0) is 33.1 Å². The molecule has 2 aromatic carbocycles. The van der Waals surface area contributed by atoms with E-state index in [1.165, 1.54) is 24.3 Å². The van der Waals surface area contributed by atoms with Gasteiger partial charge in [0, 0.05) is 12.8 Å². The van der Waals surface area contributed by atoms with Crippen LogP contribution in [0.3, 0.4) is 0 Å². The molecule has 30 heavy (non-hydrogen) atoms. The summed E-state index contributed by atoms with van der Waals surface area (Å²) >= 11 is 0. The normalized spacial score (nSPS) is 12.0. The Morgan fingerprint density at radius 2 is 1.07 bits per heavy atom. The predicted molar refractivity (Wildman–Crippen MR) is 115 cm³/mol. The molecule has 0 unspecified atom stereocenters. The summed E-state index contributed by atoms with van der Waals surface area (Å²) in [5, 5.41) is 0. The Labute approximate surface area is 178 Å². The van der Waals surface area contributed by atoms with Crippen molar-refractivity contribution in [3.8, 4) is 0 Å². The van der Waals surface area contributed by atoms with Gasteiger partial charge in [-0.25, -0.2) is 13.6 Å². The van der Waals surface area contributed by atoms with Crippen LogP contribution >= 0.6 is 0 Å². The van der Waals surface area contributed by atoms with Crippen molar-refractivity contribution in [2.75, 3.05) is 13.2 Å². The van der Waals surface area contributed by atoms with Crippen LogP contribution in [0.5, 0.6) is 0 Å². The maximum Gasteiger partial charge on any atom is 0.508 e. The molecule has 164 valence electrons. The van der Waals surface area contributed by atoms with Crippen LogP contribution in [-0.4, -0.2) is 19.4 Å². The van der Waals surface area contributed by atoms with Gasteiger partial charge in [0.25, 0.3) is 0 Å². The van der Waals surface area contributed by atoms with Crippen molar-refractivity contribution in [2.45, 2.75) is 65.2 Å². The first-order valence-electron chi connectivity index (χ1n) is 10.2. The Hall–Kier alpha value is -2.43. The third-order valence-electron chi connectivity index (χ3n) is 4.87. The Kier molecular flexibility index (Phi) is 7.62. The van der Waals surface area contributed by atoms with Crippen molar-refractivity contribution in [2.24, 2.45) is 0 Å². The van der Waals surface area contributed by atoms with E-state index in [4.69, 9.17) is 9.47 Å². The van der Waals surface area contributed by atoms with Crippen LogP contribution in [0.15, 0.2) is 36.4 Å². The molecule has 3 nitrogen and oxygen atoms in total. The van der Waals surface area contributed by atoms with E-state index in [2.05, 4.69) is 0 Å². The number of halogens is 2. The highest BCUT2D eigenvalue weighted by Gasteiger charge is 2.17. The Bertz CT molecular complexity index is 805. The molecule has 0 spiro atoms. The Morgan fingerprint density at radius 1 is 0.700 bits per heavy atom. The SMILES string of the molecule is CC(C)(C)c1cc(F)cc(CCOC(=O)OCCc2cc(F)cc(C(C)(C)C)c2)c1. The molecular formula is C25H32F2O3. The average molecular weight is 419 g/mol. The van der Waals surface area contributed by atoms with Crippen LogP contribution in [0.2, 0.25) is 0 Å². The first kappa shape index (κ1) is 23.8. The van der Waals surface area contributed by atoms with Crippen molar-refractivity contribution in [3.05, 3.63) is 70.3 Å². The summed E-state index contributed by atoms with van der Waals surface area (Å²) in [6.07, 6.45) is 0.0127. The molecule has 0 heterocycles. The summed E-state index contributed by atoms with van der Waals surface area (Å²) < 4.78 is 37.9. The van der Waals surface area contributed by atoms with Crippen molar-refractivity contribution in [1.82, 2.24) is 0 Å². The van der Waals surface area contributed by atoms with Gasteiger partial charge >= 0.3 is 6.16 Å². The second kappa shape index (κ2) is 9.59. The lowest BCUT2D eigenvalue weighted by Gasteiger charge is -2.20. The topological polar surface area (TPSA) is 35.5 Å². The fourth-order valence-electron chi connectivity index (χ4n) is 3.00. The molecule has 2 rings (SSSR count). The highest BCUT2D eigenvalue weighted by Crippen LogP contribution is 2.25.